The number of anilines is 1. The highest BCUT2D eigenvalue weighted by Gasteiger charge is 2.27. The fourth-order valence-electron chi connectivity index (χ4n) is 3.01. The molecule has 30 heavy (non-hydrogen) atoms. The minimum Gasteiger partial charge on any atom is -0.452 e. The lowest BCUT2D eigenvalue weighted by Gasteiger charge is -2.20. The molecule has 0 fully saturated rings. The Hall–Kier alpha value is -3.93. The third kappa shape index (κ3) is 5.11. The molecule has 0 saturated carbocycles. The van der Waals surface area contributed by atoms with Crippen LogP contribution in [0.15, 0.2) is 84.9 Å². The first kappa shape index (κ1) is 20.8. The summed E-state index contributed by atoms with van der Waals surface area (Å²) in [4.78, 5) is 36.6. The van der Waals surface area contributed by atoms with Gasteiger partial charge >= 0.3 is 5.97 Å². The molecule has 0 aliphatic heterocycles. The molecule has 152 valence electrons. The van der Waals surface area contributed by atoms with Crippen molar-refractivity contribution in [2.75, 3.05) is 5.32 Å². The van der Waals surface area contributed by atoms with Gasteiger partial charge in [0.25, 0.3) is 5.91 Å². The molecule has 0 radical (unpaired) electrons. The Morgan fingerprint density at radius 3 is 1.77 bits per heavy atom. The molecule has 0 aromatic heterocycles. The van der Waals surface area contributed by atoms with Crippen molar-refractivity contribution < 1.29 is 19.1 Å². The van der Waals surface area contributed by atoms with E-state index in [9.17, 15) is 14.4 Å². The summed E-state index contributed by atoms with van der Waals surface area (Å²) in [5.41, 5.74) is 7.57. The van der Waals surface area contributed by atoms with Gasteiger partial charge in [-0.05, 0) is 42.3 Å². The number of benzene rings is 3. The van der Waals surface area contributed by atoms with Crippen LogP contribution < -0.4 is 11.1 Å². The van der Waals surface area contributed by atoms with Crippen LogP contribution in [0.25, 0.3) is 0 Å². The van der Waals surface area contributed by atoms with Gasteiger partial charge in [-0.25, -0.2) is 0 Å². The molecule has 3 aromatic rings. The van der Waals surface area contributed by atoms with Gasteiger partial charge in [-0.2, -0.15) is 0 Å². The summed E-state index contributed by atoms with van der Waals surface area (Å²) >= 11 is 0. The van der Waals surface area contributed by atoms with E-state index < -0.39 is 29.8 Å². The maximum absolute atomic E-state index is 13.0. The molecule has 3 N–H and O–H groups in total. The lowest BCUT2D eigenvalue weighted by Crippen LogP contribution is -2.32. The van der Waals surface area contributed by atoms with Crippen LogP contribution in [0.5, 0.6) is 0 Å². The summed E-state index contributed by atoms with van der Waals surface area (Å²) in [7, 11) is 0. The van der Waals surface area contributed by atoms with Crippen molar-refractivity contribution in [1.82, 2.24) is 0 Å². The highest BCUT2D eigenvalue weighted by atomic mass is 16.5. The summed E-state index contributed by atoms with van der Waals surface area (Å²) in [6, 6.07) is 24.7. The molecule has 0 aliphatic rings. The van der Waals surface area contributed by atoms with Gasteiger partial charge in [-0.15, -0.1) is 0 Å². The van der Waals surface area contributed by atoms with Crippen LogP contribution in [0.3, 0.4) is 0 Å². The lowest BCUT2D eigenvalue weighted by molar-refractivity contribution is -0.153. The molecule has 0 aliphatic carbocycles. The van der Waals surface area contributed by atoms with Crippen molar-refractivity contribution >= 4 is 23.5 Å². The van der Waals surface area contributed by atoms with E-state index in [0.717, 1.165) is 11.1 Å². The van der Waals surface area contributed by atoms with E-state index in [-0.39, 0.29) is 0 Å². The van der Waals surface area contributed by atoms with Gasteiger partial charge in [0.05, 0.1) is 0 Å². The van der Waals surface area contributed by atoms with Gasteiger partial charge in [-0.3, -0.25) is 14.4 Å². The zero-order valence-corrected chi connectivity index (χ0v) is 16.4. The number of nitrogens with two attached hydrogens (primary N) is 1. The summed E-state index contributed by atoms with van der Waals surface area (Å²) in [5, 5.41) is 2.66. The summed E-state index contributed by atoms with van der Waals surface area (Å²) in [6.07, 6.45) is -1.01. The first-order chi connectivity index (χ1) is 14.5. The molecule has 3 aromatic carbocycles. The summed E-state index contributed by atoms with van der Waals surface area (Å²) in [6.45, 7) is 1.51. The summed E-state index contributed by atoms with van der Waals surface area (Å²) < 4.78 is 5.49. The van der Waals surface area contributed by atoms with E-state index in [0.29, 0.717) is 11.3 Å². The van der Waals surface area contributed by atoms with E-state index in [1.807, 2.05) is 60.7 Å². The van der Waals surface area contributed by atoms with E-state index in [4.69, 9.17) is 10.5 Å². The molecule has 2 amide bonds. The first-order valence-electron chi connectivity index (χ1n) is 9.47. The third-order valence-electron chi connectivity index (χ3n) is 4.60. The van der Waals surface area contributed by atoms with E-state index in [1.165, 1.54) is 19.1 Å². The van der Waals surface area contributed by atoms with E-state index in [1.54, 1.807) is 12.1 Å². The van der Waals surface area contributed by atoms with Crippen molar-refractivity contribution in [3.63, 3.8) is 0 Å². The molecule has 0 saturated heterocycles. The van der Waals surface area contributed by atoms with Gasteiger partial charge in [0, 0.05) is 11.3 Å². The van der Waals surface area contributed by atoms with Gasteiger partial charge in [-0.1, -0.05) is 60.7 Å². The Kier molecular flexibility index (Phi) is 6.60. The Morgan fingerprint density at radius 2 is 1.30 bits per heavy atom. The number of carbonyl (C=O) groups is 3. The van der Waals surface area contributed by atoms with Crippen LogP contribution in [0.4, 0.5) is 5.69 Å². The average Bonchev–Trinajstić information content (AvgIpc) is 2.75. The third-order valence-corrected chi connectivity index (χ3v) is 4.60. The van der Waals surface area contributed by atoms with E-state index in [2.05, 4.69) is 5.32 Å². The molecule has 0 spiro atoms. The molecule has 6 heteroatoms. The molecular formula is C24H22N2O4. The number of esters is 1. The second-order valence-corrected chi connectivity index (χ2v) is 6.76. The number of rotatable bonds is 7. The minimum absolute atomic E-state index is 0.334. The predicted octanol–water partition coefficient (Wildman–Crippen LogP) is 3.49. The van der Waals surface area contributed by atoms with Gasteiger partial charge in [0.1, 0.15) is 5.92 Å². The largest absolute Gasteiger partial charge is 0.452 e. The van der Waals surface area contributed by atoms with Crippen LogP contribution in [0, 0.1) is 0 Å². The SMILES string of the molecule is CC(OC(=O)C(c1ccccc1)c1ccccc1)C(=O)Nc1ccc(C(N)=O)cc1. The molecule has 0 heterocycles. The van der Waals surface area contributed by atoms with Crippen LogP contribution in [-0.2, 0) is 14.3 Å². The predicted molar refractivity (Wildman–Crippen MR) is 114 cm³/mol. The topological polar surface area (TPSA) is 98.5 Å². The molecule has 1 unspecified atom stereocenters. The monoisotopic (exact) mass is 402 g/mol. The molecular weight excluding hydrogens is 380 g/mol. The number of amides is 2. The maximum atomic E-state index is 13.0. The highest BCUT2D eigenvalue weighted by molar-refractivity contribution is 5.97. The minimum atomic E-state index is -1.01. The maximum Gasteiger partial charge on any atom is 0.318 e. The van der Waals surface area contributed by atoms with Crippen LogP contribution in [0.2, 0.25) is 0 Å². The quantitative estimate of drug-likeness (QED) is 0.591. The number of nitrogens with one attached hydrogen (secondary N) is 1. The molecule has 0 bridgehead atoms. The normalized spacial score (nSPS) is 11.5. The number of primary amides is 1. The average molecular weight is 402 g/mol. The summed E-state index contributed by atoms with van der Waals surface area (Å²) in [5.74, 6) is -2.19. The highest BCUT2D eigenvalue weighted by Crippen LogP contribution is 2.26. The van der Waals surface area contributed by atoms with Crippen molar-refractivity contribution in [1.29, 1.82) is 0 Å². The number of hydrogen-bond donors (Lipinski definition) is 2. The van der Waals surface area contributed by atoms with Crippen molar-refractivity contribution in [3.8, 4) is 0 Å². The van der Waals surface area contributed by atoms with Gasteiger partial charge in [0.2, 0.25) is 5.91 Å². The van der Waals surface area contributed by atoms with Crippen molar-refractivity contribution in [2.45, 2.75) is 18.9 Å². The van der Waals surface area contributed by atoms with Crippen LogP contribution in [-0.4, -0.2) is 23.9 Å². The standard InChI is InChI=1S/C24H22N2O4/c1-16(23(28)26-20-14-12-19(13-15-20)22(25)27)30-24(29)21(17-8-4-2-5-9-17)18-10-6-3-7-11-18/h2-16,21H,1H3,(H2,25,27)(H,26,28). The fourth-order valence-corrected chi connectivity index (χ4v) is 3.01. The van der Waals surface area contributed by atoms with Gasteiger partial charge in [0.15, 0.2) is 6.10 Å². The van der Waals surface area contributed by atoms with E-state index >= 15 is 0 Å². The second kappa shape index (κ2) is 9.52. The Bertz CT molecular complexity index is 979. The number of hydrogen-bond acceptors (Lipinski definition) is 4. The number of carbonyl (C=O) groups excluding carboxylic acids is 3. The first-order valence-corrected chi connectivity index (χ1v) is 9.47. The second-order valence-electron chi connectivity index (χ2n) is 6.76. The number of ether oxygens (including phenoxy) is 1. The fraction of sp³-hybridized carbons (Fsp3) is 0.125. The zero-order valence-electron chi connectivity index (χ0n) is 16.4. The van der Waals surface area contributed by atoms with Crippen LogP contribution >= 0.6 is 0 Å². The van der Waals surface area contributed by atoms with Crippen LogP contribution in [0.1, 0.15) is 34.3 Å². The Labute approximate surface area is 174 Å². The van der Waals surface area contributed by atoms with Crippen molar-refractivity contribution in [2.24, 2.45) is 5.73 Å². The molecule has 3 rings (SSSR count). The lowest BCUT2D eigenvalue weighted by atomic mass is 9.91. The molecule has 1 atom stereocenters. The Morgan fingerprint density at radius 1 is 0.800 bits per heavy atom. The van der Waals surface area contributed by atoms with Crippen molar-refractivity contribution in [3.05, 3.63) is 102 Å². The smallest absolute Gasteiger partial charge is 0.318 e. The van der Waals surface area contributed by atoms with Gasteiger partial charge < -0.3 is 15.8 Å². The molecule has 6 nitrogen and oxygen atoms in total. The Balaban J connectivity index is 1.71. The zero-order chi connectivity index (χ0) is 21.5.